The van der Waals surface area contributed by atoms with Crippen molar-refractivity contribution in [1.82, 2.24) is 0 Å². The summed E-state index contributed by atoms with van der Waals surface area (Å²) in [7, 11) is -1.13. The molecular formula is C13H20FNOPY+. The molecule has 0 saturated carbocycles. The third kappa shape index (κ3) is 5.86. The van der Waals surface area contributed by atoms with E-state index in [9.17, 15) is 9.18 Å². The Balaban J connectivity index is 0.00000289. The van der Waals surface area contributed by atoms with Crippen molar-refractivity contribution in [3.05, 3.63) is 29.1 Å². The van der Waals surface area contributed by atoms with E-state index in [-0.39, 0.29) is 44.4 Å². The van der Waals surface area contributed by atoms with Gasteiger partial charge in [0.25, 0.3) is 5.91 Å². The summed E-state index contributed by atoms with van der Waals surface area (Å²) in [5, 5.41) is 2.88. The van der Waals surface area contributed by atoms with Gasteiger partial charge >= 0.3 is 0 Å². The zero-order chi connectivity index (χ0) is 13.2. The molecule has 0 aliphatic carbocycles. The van der Waals surface area contributed by atoms with Crippen molar-refractivity contribution in [2.45, 2.75) is 13.8 Å². The number of nitrogens with one attached hydrogen (secondary N) is 1. The van der Waals surface area contributed by atoms with Crippen molar-refractivity contribution in [2.24, 2.45) is 0 Å². The van der Waals surface area contributed by atoms with Crippen LogP contribution in [0.25, 0.3) is 0 Å². The SMILES string of the molecule is Cc1cc(F)cc(C)c1NC(=O)C[P+](C)(C)C.[Y]. The molecule has 1 amide bonds. The Morgan fingerprint density at radius 3 is 2.06 bits per heavy atom. The molecule has 0 aromatic heterocycles. The molecule has 1 rings (SSSR count). The Labute approximate surface area is 134 Å². The first-order valence-electron chi connectivity index (χ1n) is 5.56. The molecule has 0 atom stereocenters. The number of hydrogen-bond acceptors (Lipinski definition) is 1. The van der Waals surface area contributed by atoms with Crippen LogP contribution in [0.5, 0.6) is 0 Å². The van der Waals surface area contributed by atoms with E-state index in [4.69, 9.17) is 0 Å². The molecule has 2 nitrogen and oxygen atoms in total. The van der Waals surface area contributed by atoms with Crippen molar-refractivity contribution in [1.29, 1.82) is 0 Å². The molecule has 0 aliphatic heterocycles. The average Bonchev–Trinajstić information content (AvgIpc) is 2.08. The summed E-state index contributed by atoms with van der Waals surface area (Å²) < 4.78 is 13.1. The molecule has 1 aromatic rings. The van der Waals surface area contributed by atoms with Crippen LogP contribution in [0.4, 0.5) is 10.1 Å². The van der Waals surface area contributed by atoms with Gasteiger partial charge in [-0.1, -0.05) is 0 Å². The summed E-state index contributed by atoms with van der Waals surface area (Å²) >= 11 is 0. The minimum Gasteiger partial charge on any atom is -0.322 e. The number of anilines is 1. The fourth-order valence-corrected chi connectivity index (χ4v) is 2.66. The van der Waals surface area contributed by atoms with Gasteiger partial charge in [-0.25, -0.2) is 4.39 Å². The minimum atomic E-state index is -1.13. The fraction of sp³-hybridized carbons (Fsp3) is 0.462. The van der Waals surface area contributed by atoms with Gasteiger partial charge in [0.15, 0.2) is 0 Å². The largest absolute Gasteiger partial charge is 0.322 e. The number of carbonyl (C=O) groups is 1. The van der Waals surface area contributed by atoms with E-state index in [1.165, 1.54) is 12.1 Å². The van der Waals surface area contributed by atoms with Crippen molar-refractivity contribution >= 4 is 18.9 Å². The van der Waals surface area contributed by atoms with Crippen LogP contribution in [0.15, 0.2) is 12.1 Å². The van der Waals surface area contributed by atoms with Crippen molar-refractivity contribution in [3.63, 3.8) is 0 Å². The monoisotopic (exact) mass is 345 g/mol. The first kappa shape index (κ1) is 18.2. The fourth-order valence-electron chi connectivity index (χ4n) is 1.72. The third-order valence-electron chi connectivity index (χ3n) is 2.38. The van der Waals surface area contributed by atoms with Gasteiger partial charge in [-0.15, -0.1) is 0 Å². The van der Waals surface area contributed by atoms with Gasteiger partial charge in [-0.05, 0) is 37.1 Å². The summed E-state index contributed by atoms with van der Waals surface area (Å²) in [6.07, 6.45) is 0.559. The van der Waals surface area contributed by atoms with Gasteiger partial charge in [-0.2, -0.15) is 0 Å². The molecular weight excluding hydrogens is 325 g/mol. The third-order valence-corrected chi connectivity index (χ3v) is 3.62. The Kier molecular flexibility index (Phi) is 7.14. The van der Waals surface area contributed by atoms with Crippen molar-refractivity contribution in [2.75, 3.05) is 31.5 Å². The normalized spacial score (nSPS) is 10.8. The van der Waals surface area contributed by atoms with Gasteiger partial charge in [0, 0.05) is 65.7 Å². The molecule has 0 heterocycles. The van der Waals surface area contributed by atoms with E-state index in [0.717, 1.165) is 16.8 Å². The maximum atomic E-state index is 13.1. The van der Waals surface area contributed by atoms with Crippen molar-refractivity contribution in [3.8, 4) is 0 Å². The van der Waals surface area contributed by atoms with Gasteiger partial charge in [-0.3, -0.25) is 4.79 Å². The maximum absolute atomic E-state index is 13.1. The Bertz CT molecular complexity index is 420. The van der Waals surface area contributed by atoms with Gasteiger partial charge in [0.05, 0.1) is 0 Å². The quantitative estimate of drug-likeness (QED) is 0.837. The van der Waals surface area contributed by atoms with E-state index in [1.807, 2.05) is 0 Å². The van der Waals surface area contributed by atoms with Crippen LogP contribution in [-0.4, -0.2) is 32.1 Å². The Hall–Kier alpha value is 0.154. The van der Waals surface area contributed by atoms with Crippen LogP contribution < -0.4 is 5.32 Å². The zero-order valence-electron chi connectivity index (χ0n) is 11.7. The average molecular weight is 345 g/mol. The van der Waals surface area contributed by atoms with Crippen LogP contribution in [0, 0.1) is 19.7 Å². The van der Waals surface area contributed by atoms with Gasteiger partial charge in [0.2, 0.25) is 0 Å². The predicted molar refractivity (Wildman–Crippen MR) is 74.1 cm³/mol. The van der Waals surface area contributed by atoms with E-state index in [1.54, 1.807) is 13.8 Å². The van der Waals surface area contributed by atoms with Crippen LogP contribution >= 0.6 is 7.26 Å². The number of halogens is 1. The molecule has 0 saturated heterocycles. The van der Waals surface area contributed by atoms with E-state index in [0.29, 0.717) is 6.16 Å². The molecule has 0 fully saturated rings. The maximum Gasteiger partial charge on any atom is 0.261 e. The molecule has 0 aliphatic rings. The molecule has 5 heteroatoms. The Morgan fingerprint density at radius 2 is 1.67 bits per heavy atom. The second kappa shape index (κ2) is 7.07. The number of benzene rings is 1. The zero-order valence-corrected chi connectivity index (χ0v) is 15.4. The number of amides is 1. The number of rotatable bonds is 3. The Morgan fingerprint density at radius 1 is 1.22 bits per heavy atom. The molecule has 1 N–H and O–H groups in total. The summed E-state index contributed by atoms with van der Waals surface area (Å²) in [6.45, 7) is 9.97. The molecule has 0 spiro atoms. The van der Waals surface area contributed by atoms with Crippen LogP contribution in [-0.2, 0) is 37.5 Å². The molecule has 18 heavy (non-hydrogen) atoms. The smallest absolute Gasteiger partial charge is 0.261 e. The molecule has 1 radical (unpaired) electrons. The molecule has 97 valence electrons. The molecule has 1 aromatic carbocycles. The summed E-state index contributed by atoms with van der Waals surface area (Å²) in [4.78, 5) is 11.8. The molecule has 0 unspecified atom stereocenters. The topological polar surface area (TPSA) is 29.1 Å². The predicted octanol–water partition coefficient (Wildman–Crippen LogP) is 3.29. The summed E-state index contributed by atoms with van der Waals surface area (Å²) in [6, 6.07) is 2.88. The van der Waals surface area contributed by atoms with Gasteiger partial charge < -0.3 is 5.32 Å². The molecule has 0 bridgehead atoms. The van der Waals surface area contributed by atoms with Crippen LogP contribution in [0.2, 0.25) is 0 Å². The van der Waals surface area contributed by atoms with E-state index >= 15 is 0 Å². The second-order valence-corrected chi connectivity index (χ2v) is 10.3. The number of hydrogen-bond donors (Lipinski definition) is 1. The van der Waals surface area contributed by atoms with Gasteiger partial charge in [0.1, 0.15) is 12.0 Å². The minimum absolute atomic E-state index is 0. The summed E-state index contributed by atoms with van der Waals surface area (Å²) in [5.41, 5.74) is 2.27. The second-order valence-electron chi connectivity index (χ2n) is 5.41. The van der Waals surface area contributed by atoms with Crippen LogP contribution in [0.3, 0.4) is 0 Å². The van der Waals surface area contributed by atoms with Crippen LogP contribution in [0.1, 0.15) is 11.1 Å². The first-order chi connectivity index (χ1) is 7.69. The summed E-state index contributed by atoms with van der Waals surface area (Å²) in [5.74, 6) is -0.245. The van der Waals surface area contributed by atoms with E-state index in [2.05, 4.69) is 25.3 Å². The van der Waals surface area contributed by atoms with Crippen molar-refractivity contribution < 1.29 is 41.9 Å². The number of carbonyl (C=O) groups excluding carboxylic acids is 1. The first-order valence-corrected chi connectivity index (χ1v) is 8.87. The standard InChI is InChI=1S/C13H19FNOP.Y/c1-9-6-11(14)7-10(2)13(9)15-12(16)8-17(3,4)5;/h6-7H,8H2,1-5H3;/p+1. The number of aryl methyl sites for hydroxylation is 2. The van der Waals surface area contributed by atoms with E-state index < -0.39 is 7.26 Å².